The Labute approximate surface area is 136 Å². The number of amides is 2. The molecule has 2 N–H and O–H groups in total. The zero-order valence-corrected chi connectivity index (χ0v) is 13.4. The van der Waals surface area contributed by atoms with Gasteiger partial charge >= 0.3 is 12.0 Å². The second-order valence-corrected chi connectivity index (χ2v) is 6.54. The summed E-state index contributed by atoms with van der Waals surface area (Å²) in [6.07, 6.45) is 4.87. The van der Waals surface area contributed by atoms with Gasteiger partial charge in [0.2, 0.25) is 0 Å². The molecule has 1 aliphatic carbocycles. The maximum Gasteiger partial charge on any atom is 0.314 e. The molecule has 2 atom stereocenters. The van der Waals surface area contributed by atoms with Gasteiger partial charge in [0, 0.05) is 19.0 Å². The van der Waals surface area contributed by atoms with E-state index in [1.54, 1.807) is 0 Å². The summed E-state index contributed by atoms with van der Waals surface area (Å²) in [7, 11) is 0. The molecule has 1 saturated heterocycles. The fraction of sp³-hybridized carbons (Fsp3) is 0.556. The number of primary amides is 1. The van der Waals surface area contributed by atoms with Gasteiger partial charge in [-0.15, -0.1) is 0 Å². The van der Waals surface area contributed by atoms with Gasteiger partial charge in [-0.3, -0.25) is 4.79 Å². The van der Waals surface area contributed by atoms with E-state index in [2.05, 4.69) is 18.2 Å². The number of likely N-dealkylation sites (tertiary alicyclic amines) is 1. The lowest BCUT2D eigenvalue weighted by Crippen LogP contribution is -2.45. The molecule has 0 saturated carbocycles. The number of carbonyl (C=O) groups excluding carboxylic acids is 2. The van der Waals surface area contributed by atoms with Gasteiger partial charge in [-0.05, 0) is 43.2 Å². The van der Waals surface area contributed by atoms with E-state index in [9.17, 15) is 9.59 Å². The number of benzene rings is 1. The molecule has 0 radical (unpaired) electrons. The molecule has 5 heteroatoms. The third-order valence-electron chi connectivity index (χ3n) is 4.99. The molecule has 0 spiro atoms. The van der Waals surface area contributed by atoms with E-state index >= 15 is 0 Å². The van der Waals surface area contributed by atoms with E-state index in [4.69, 9.17) is 10.5 Å². The first-order chi connectivity index (χ1) is 11.1. The Kier molecular flexibility index (Phi) is 4.84. The average Bonchev–Trinajstić information content (AvgIpc) is 2.59. The van der Waals surface area contributed by atoms with Crippen molar-refractivity contribution in [2.24, 2.45) is 11.7 Å². The number of carbonyl (C=O) groups is 2. The van der Waals surface area contributed by atoms with E-state index in [0.29, 0.717) is 25.6 Å². The number of fused-ring (bicyclic) bond motifs is 1. The maximum absolute atomic E-state index is 12.3. The molecule has 1 aliphatic heterocycles. The molecule has 0 bridgehead atoms. The molecular formula is C18H24N2O3. The van der Waals surface area contributed by atoms with Crippen LogP contribution in [0.4, 0.5) is 4.79 Å². The summed E-state index contributed by atoms with van der Waals surface area (Å²) in [5.74, 6) is -0.145. The topological polar surface area (TPSA) is 72.6 Å². The van der Waals surface area contributed by atoms with Crippen LogP contribution in [-0.4, -0.2) is 36.6 Å². The van der Waals surface area contributed by atoms with Crippen molar-refractivity contribution in [3.8, 4) is 0 Å². The SMILES string of the molecule is NC(=O)N1CCC[C@@H](C(=O)OC[C@H]2CCCc3ccccc32)C1. The Hall–Kier alpha value is -2.04. The standard InChI is InChI=1S/C18H24N2O3/c19-18(22)20-10-4-8-14(11-20)17(21)23-12-15-7-3-6-13-5-1-2-9-16(13)15/h1-2,5,9,14-15H,3-4,6-8,10-12H2,(H2,19,22)/t14-,15-/m1/s1. The lowest BCUT2D eigenvalue weighted by molar-refractivity contribution is -0.150. The highest BCUT2D eigenvalue weighted by Crippen LogP contribution is 2.32. The Bertz CT molecular complexity index is 587. The van der Waals surface area contributed by atoms with E-state index in [-0.39, 0.29) is 11.9 Å². The molecular weight excluding hydrogens is 292 g/mol. The highest BCUT2D eigenvalue weighted by Gasteiger charge is 2.29. The van der Waals surface area contributed by atoms with Crippen LogP contribution in [0.15, 0.2) is 24.3 Å². The van der Waals surface area contributed by atoms with Crippen molar-refractivity contribution < 1.29 is 14.3 Å². The summed E-state index contributed by atoms with van der Waals surface area (Å²) in [5, 5.41) is 0. The Morgan fingerprint density at radius 3 is 2.87 bits per heavy atom. The minimum Gasteiger partial charge on any atom is -0.465 e. The van der Waals surface area contributed by atoms with E-state index < -0.39 is 6.03 Å². The normalized spacial score (nSPS) is 23.9. The summed E-state index contributed by atoms with van der Waals surface area (Å²) in [6.45, 7) is 1.45. The summed E-state index contributed by atoms with van der Waals surface area (Å²) < 4.78 is 5.59. The van der Waals surface area contributed by atoms with Crippen LogP contribution in [0, 0.1) is 5.92 Å². The summed E-state index contributed by atoms with van der Waals surface area (Å²) >= 11 is 0. The van der Waals surface area contributed by atoms with Gasteiger partial charge in [-0.25, -0.2) is 4.79 Å². The molecule has 23 heavy (non-hydrogen) atoms. The Morgan fingerprint density at radius 1 is 1.22 bits per heavy atom. The first-order valence-electron chi connectivity index (χ1n) is 8.44. The molecule has 1 heterocycles. The Balaban J connectivity index is 1.56. The third-order valence-corrected chi connectivity index (χ3v) is 4.99. The first-order valence-corrected chi connectivity index (χ1v) is 8.44. The number of ether oxygens (including phenoxy) is 1. The molecule has 124 valence electrons. The number of nitrogens with zero attached hydrogens (tertiary/aromatic N) is 1. The quantitative estimate of drug-likeness (QED) is 0.871. The van der Waals surface area contributed by atoms with Crippen LogP contribution in [0.5, 0.6) is 0 Å². The fourth-order valence-corrected chi connectivity index (χ4v) is 3.70. The first kappa shape index (κ1) is 15.8. The van der Waals surface area contributed by atoms with Crippen LogP contribution in [0.3, 0.4) is 0 Å². The highest BCUT2D eigenvalue weighted by molar-refractivity contribution is 5.76. The number of piperidine rings is 1. The van der Waals surface area contributed by atoms with Crippen LogP contribution in [0.2, 0.25) is 0 Å². The average molecular weight is 316 g/mol. The lowest BCUT2D eigenvalue weighted by Gasteiger charge is -2.31. The largest absolute Gasteiger partial charge is 0.465 e. The predicted octanol–water partition coefficient (Wildman–Crippen LogP) is 2.44. The zero-order valence-electron chi connectivity index (χ0n) is 13.4. The minimum atomic E-state index is -0.455. The van der Waals surface area contributed by atoms with E-state index in [1.165, 1.54) is 16.0 Å². The molecule has 5 nitrogen and oxygen atoms in total. The summed E-state index contributed by atoms with van der Waals surface area (Å²) in [4.78, 5) is 25.1. The second kappa shape index (κ2) is 7.02. The molecule has 2 aliphatic rings. The molecule has 1 fully saturated rings. The molecule has 0 unspecified atom stereocenters. The number of hydrogen-bond acceptors (Lipinski definition) is 3. The molecule has 2 amide bonds. The molecule has 3 rings (SSSR count). The van der Waals surface area contributed by atoms with Crippen LogP contribution in [0.25, 0.3) is 0 Å². The smallest absolute Gasteiger partial charge is 0.314 e. The number of hydrogen-bond donors (Lipinski definition) is 1. The van der Waals surface area contributed by atoms with E-state index in [1.807, 2.05) is 6.07 Å². The van der Waals surface area contributed by atoms with Crippen molar-refractivity contribution >= 4 is 12.0 Å². The van der Waals surface area contributed by atoms with Crippen LogP contribution < -0.4 is 5.73 Å². The van der Waals surface area contributed by atoms with Gasteiger partial charge in [-0.1, -0.05) is 24.3 Å². The fourth-order valence-electron chi connectivity index (χ4n) is 3.70. The number of esters is 1. The second-order valence-electron chi connectivity index (χ2n) is 6.54. The summed E-state index contributed by atoms with van der Waals surface area (Å²) in [5.41, 5.74) is 7.99. The van der Waals surface area contributed by atoms with Crippen LogP contribution >= 0.6 is 0 Å². The molecule has 1 aromatic carbocycles. The van der Waals surface area contributed by atoms with Crippen molar-refractivity contribution in [2.45, 2.75) is 38.0 Å². The van der Waals surface area contributed by atoms with Gasteiger partial charge in [0.1, 0.15) is 0 Å². The highest BCUT2D eigenvalue weighted by atomic mass is 16.5. The van der Waals surface area contributed by atoms with Gasteiger partial charge in [0.15, 0.2) is 0 Å². The number of nitrogens with two attached hydrogens (primary N) is 1. The number of urea groups is 1. The van der Waals surface area contributed by atoms with Crippen molar-refractivity contribution in [3.05, 3.63) is 35.4 Å². The van der Waals surface area contributed by atoms with Gasteiger partial charge in [-0.2, -0.15) is 0 Å². The molecule has 0 aromatic heterocycles. The van der Waals surface area contributed by atoms with E-state index in [0.717, 1.165) is 32.1 Å². The Morgan fingerprint density at radius 2 is 2.04 bits per heavy atom. The van der Waals surface area contributed by atoms with Crippen LogP contribution in [-0.2, 0) is 16.0 Å². The minimum absolute atomic E-state index is 0.195. The van der Waals surface area contributed by atoms with Gasteiger partial charge in [0.05, 0.1) is 12.5 Å². The predicted molar refractivity (Wildman–Crippen MR) is 87.0 cm³/mol. The van der Waals surface area contributed by atoms with Crippen LogP contribution in [0.1, 0.15) is 42.7 Å². The monoisotopic (exact) mass is 316 g/mol. The summed E-state index contributed by atoms with van der Waals surface area (Å²) in [6, 6.07) is 7.96. The van der Waals surface area contributed by atoms with Crippen molar-refractivity contribution in [1.82, 2.24) is 4.90 Å². The molecule has 1 aromatic rings. The van der Waals surface area contributed by atoms with Gasteiger partial charge < -0.3 is 15.4 Å². The lowest BCUT2D eigenvalue weighted by atomic mass is 9.83. The third kappa shape index (κ3) is 3.66. The van der Waals surface area contributed by atoms with Crippen molar-refractivity contribution in [2.75, 3.05) is 19.7 Å². The number of aryl methyl sites for hydroxylation is 1. The number of rotatable bonds is 3. The van der Waals surface area contributed by atoms with Crippen molar-refractivity contribution in [1.29, 1.82) is 0 Å². The maximum atomic E-state index is 12.3. The zero-order chi connectivity index (χ0) is 16.2. The van der Waals surface area contributed by atoms with Crippen molar-refractivity contribution in [3.63, 3.8) is 0 Å². The van der Waals surface area contributed by atoms with Gasteiger partial charge in [0.25, 0.3) is 0 Å².